The molecule has 0 aliphatic rings. The molecule has 1 aromatic carbocycles. The van der Waals surface area contributed by atoms with Crippen LogP contribution in [0.2, 0.25) is 0 Å². The number of rotatable bonds is 4. The summed E-state index contributed by atoms with van der Waals surface area (Å²) in [7, 11) is 0. The van der Waals surface area contributed by atoms with E-state index >= 15 is 0 Å². The number of pyridine rings is 1. The Balaban J connectivity index is 2.01. The Morgan fingerprint density at radius 2 is 2.00 bits per heavy atom. The molecule has 2 rings (SSSR count). The van der Waals surface area contributed by atoms with Crippen molar-refractivity contribution in [1.29, 1.82) is 0 Å². The molecule has 0 aliphatic heterocycles. The van der Waals surface area contributed by atoms with Crippen LogP contribution in [0.4, 0.5) is 4.39 Å². The highest BCUT2D eigenvalue weighted by Crippen LogP contribution is 2.17. The lowest BCUT2D eigenvalue weighted by atomic mass is 10.1. The third-order valence-corrected chi connectivity index (χ3v) is 3.31. The van der Waals surface area contributed by atoms with Gasteiger partial charge in [0.05, 0.1) is 0 Å². The Hall–Kier alpha value is -1.26. The monoisotopic (exact) mass is 308 g/mol. The van der Waals surface area contributed by atoms with Crippen LogP contribution in [0.5, 0.6) is 0 Å². The maximum Gasteiger partial charge on any atom is 0.127 e. The van der Waals surface area contributed by atoms with E-state index < -0.39 is 0 Å². The molecule has 0 spiro atoms. The summed E-state index contributed by atoms with van der Waals surface area (Å²) < 4.78 is 14.4. The van der Waals surface area contributed by atoms with Gasteiger partial charge in [-0.3, -0.25) is 4.98 Å². The van der Waals surface area contributed by atoms with Gasteiger partial charge in [0.15, 0.2) is 0 Å². The van der Waals surface area contributed by atoms with Gasteiger partial charge < -0.3 is 5.32 Å². The topological polar surface area (TPSA) is 24.9 Å². The molecule has 1 aromatic heterocycles. The molecule has 0 saturated carbocycles. The molecule has 94 valence electrons. The van der Waals surface area contributed by atoms with Gasteiger partial charge in [-0.25, -0.2) is 4.39 Å². The smallest absolute Gasteiger partial charge is 0.127 e. The molecule has 4 heteroatoms. The van der Waals surface area contributed by atoms with Crippen molar-refractivity contribution in [2.45, 2.75) is 19.5 Å². The van der Waals surface area contributed by atoms with Gasteiger partial charge in [0.1, 0.15) is 5.82 Å². The van der Waals surface area contributed by atoms with Gasteiger partial charge in [-0.2, -0.15) is 0 Å². The fourth-order valence-corrected chi connectivity index (χ4v) is 2.12. The molecule has 0 unspecified atom stereocenters. The summed E-state index contributed by atoms with van der Waals surface area (Å²) in [4.78, 5) is 3.98. The third-order valence-electron chi connectivity index (χ3n) is 2.81. The molecule has 18 heavy (non-hydrogen) atoms. The van der Waals surface area contributed by atoms with Crippen molar-refractivity contribution in [1.82, 2.24) is 10.3 Å². The first-order valence-electron chi connectivity index (χ1n) is 5.74. The van der Waals surface area contributed by atoms with Crippen molar-refractivity contribution in [3.8, 4) is 0 Å². The first kappa shape index (κ1) is 13.2. The number of hydrogen-bond donors (Lipinski definition) is 1. The zero-order chi connectivity index (χ0) is 13.0. The Morgan fingerprint density at radius 1 is 1.28 bits per heavy atom. The predicted octanol–water partition coefficient (Wildman–Crippen LogP) is 3.83. The molecule has 1 N–H and O–H groups in total. The van der Waals surface area contributed by atoms with Gasteiger partial charge in [-0.05, 0) is 42.8 Å². The van der Waals surface area contributed by atoms with E-state index in [4.69, 9.17) is 0 Å². The fraction of sp³-hybridized carbons (Fsp3) is 0.214. The maximum absolute atomic E-state index is 13.6. The quantitative estimate of drug-likeness (QED) is 0.928. The Labute approximate surface area is 114 Å². The first-order chi connectivity index (χ1) is 8.66. The van der Waals surface area contributed by atoms with Crippen LogP contribution in [0.1, 0.15) is 24.1 Å². The summed E-state index contributed by atoms with van der Waals surface area (Å²) in [6.45, 7) is 2.54. The molecule has 1 heterocycles. The van der Waals surface area contributed by atoms with Crippen molar-refractivity contribution < 1.29 is 4.39 Å². The SMILES string of the molecule is C[C@@H](NCc1cc(Br)ccc1F)c1ccncc1. The Bertz CT molecular complexity index is 516. The minimum Gasteiger partial charge on any atom is -0.306 e. The second-order valence-corrected chi connectivity index (χ2v) is 5.03. The van der Waals surface area contributed by atoms with E-state index in [-0.39, 0.29) is 11.9 Å². The highest BCUT2D eigenvalue weighted by atomic mass is 79.9. The van der Waals surface area contributed by atoms with E-state index in [0.717, 1.165) is 10.0 Å². The van der Waals surface area contributed by atoms with Crippen molar-refractivity contribution in [2.75, 3.05) is 0 Å². The molecule has 2 nitrogen and oxygen atoms in total. The molecule has 0 radical (unpaired) electrons. The molecule has 0 bridgehead atoms. The van der Waals surface area contributed by atoms with Gasteiger partial charge in [0, 0.05) is 35.0 Å². The lowest BCUT2D eigenvalue weighted by molar-refractivity contribution is 0.543. The fourth-order valence-electron chi connectivity index (χ4n) is 1.71. The van der Waals surface area contributed by atoms with E-state index in [1.807, 2.05) is 19.1 Å². The Kier molecular flexibility index (Phi) is 4.44. The lowest BCUT2D eigenvalue weighted by Gasteiger charge is -2.14. The van der Waals surface area contributed by atoms with Gasteiger partial charge in [-0.15, -0.1) is 0 Å². The van der Waals surface area contributed by atoms with Crippen LogP contribution in [-0.2, 0) is 6.54 Å². The summed E-state index contributed by atoms with van der Waals surface area (Å²) >= 11 is 3.35. The summed E-state index contributed by atoms with van der Waals surface area (Å²) in [5.41, 5.74) is 1.80. The Morgan fingerprint density at radius 3 is 2.72 bits per heavy atom. The van der Waals surface area contributed by atoms with Gasteiger partial charge in [-0.1, -0.05) is 15.9 Å². The molecular formula is C14H14BrFN2. The van der Waals surface area contributed by atoms with E-state index in [2.05, 4.69) is 26.2 Å². The highest BCUT2D eigenvalue weighted by molar-refractivity contribution is 9.10. The van der Waals surface area contributed by atoms with Crippen LogP contribution < -0.4 is 5.32 Å². The number of nitrogens with zero attached hydrogens (tertiary/aromatic N) is 1. The van der Waals surface area contributed by atoms with Crippen molar-refractivity contribution in [3.63, 3.8) is 0 Å². The number of hydrogen-bond acceptors (Lipinski definition) is 2. The third kappa shape index (κ3) is 3.37. The molecule has 0 amide bonds. The molecule has 2 aromatic rings. The largest absolute Gasteiger partial charge is 0.306 e. The second kappa shape index (κ2) is 6.07. The minimum atomic E-state index is -0.187. The van der Waals surface area contributed by atoms with Crippen LogP contribution >= 0.6 is 15.9 Å². The molecular weight excluding hydrogens is 295 g/mol. The summed E-state index contributed by atoms with van der Waals surface area (Å²) in [6, 6.07) is 9.03. The molecule has 0 aliphatic carbocycles. The lowest BCUT2D eigenvalue weighted by Crippen LogP contribution is -2.18. The predicted molar refractivity (Wildman–Crippen MR) is 73.6 cm³/mol. The van der Waals surface area contributed by atoms with Crippen molar-refractivity contribution >= 4 is 15.9 Å². The number of aromatic nitrogens is 1. The van der Waals surface area contributed by atoms with E-state index in [1.165, 1.54) is 6.07 Å². The van der Waals surface area contributed by atoms with Gasteiger partial charge >= 0.3 is 0 Å². The zero-order valence-corrected chi connectivity index (χ0v) is 11.6. The minimum absolute atomic E-state index is 0.159. The first-order valence-corrected chi connectivity index (χ1v) is 6.53. The summed E-state index contributed by atoms with van der Waals surface area (Å²) in [5, 5.41) is 3.29. The standard InChI is InChI=1S/C14H14BrFN2/c1-10(11-4-6-17-7-5-11)18-9-12-8-13(15)2-3-14(12)16/h2-8,10,18H,9H2,1H3/t10-/m1/s1. The molecule has 0 fully saturated rings. The van der Waals surface area contributed by atoms with Gasteiger partial charge in [0.25, 0.3) is 0 Å². The number of nitrogens with one attached hydrogen (secondary N) is 1. The van der Waals surface area contributed by atoms with Gasteiger partial charge in [0.2, 0.25) is 0 Å². The average Bonchev–Trinajstić information content (AvgIpc) is 2.40. The van der Waals surface area contributed by atoms with E-state index in [1.54, 1.807) is 24.5 Å². The molecule has 1 atom stereocenters. The summed E-state index contributed by atoms with van der Waals surface area (Å²) in [6.07, 6.45) is 3.51. The van der Waals surface area contributed by atoms with E-state index in [0.29, 0.717) is 12.1 Å². The average molecular weight is 309 g/mol. The van der Waals surface area contributed by atoms with Crippen LogP contribution in [0.15, 0.2) is 47.2 Å². The number of halogens is 2. The maximum atomic E-state index is 13.6. The zero-order valence-electron chi connectivity index (χ0n) is 10.0. The molecule has 0 saturated heterocycles. The van der Waals surface area contributed by atoms with Crippen molar-refractivity contribution in [3.05, 3.63) is 64.1 Å². The number of benzene rings is 1. The highest BCUT2D eigenvalue weighted by Gasteiger charge is 2.07. The van der Waals surface area contributed by atoms with Crippen LogP contribution in [-0.4, -0.2) is 4.98 Å². The van der Waals surface area contributed by atoms with Crippen molar-refractivity contribution in [2.24, 2.45) is 0 Å². The summed E-state index contributed by atoms with van der Waals surface area (Å²) in [5.74, 6) is -0.187. The van der Waals surface area contributed by atoms with E-state index in [9.17, 15) is 4.39 Å². The van der Waals surface area contributed by atoms with Crippen LogP contribution in [0, 0.1) is 5.82 Å². The van der Waals surface area contributed by atoms with Crippen LogP contribution in [0.25, 0.3) is 0 Å². The normalized spacial score (nSPS) is 12.4. The van der Waals surface area contributed by atoms with Crippen LogP contribution in [0.3, 0.4) is 0 Å². The second-order valence-electron chi connectivity index (χ2n) is 4.12.